The number of amides is 1. The molecule has 4 rings (SSSR count). The van der Waals surface area contributed by atoms with Crippen LogP contribution in [0.5, 0.6) is 0 Å². The molecule has 1 aliphatic heterocycles. The van der Waals surface area contributed by atoms with Crippen LogP contribution in [0.1, 0.15) is 45.7 Å². The molecule has 2 aliphatic carbocycles. The molecule has 23 heavy (non-hydrogen) atoms. The van der Waals surface area contributed by atoms with Crippen LogP contribution < -0.4 is 5.73 Å². The van der Waals surface area contributed by atoms with Crippen LogP contribution in [0.25, 0.3) is 0 Å². The number of piperidine rings is 1. The van der Waals surface area contributed by atoms with E-state index in [1.807, 2.05) is 30.1 Å². The van der Waals surface area contributed by atoms with Gasteiger partial charge in [-0.15, -0.1) is 0 Å². The van der Waals surface area contributed by atoms with Crippen molar-refractivity contribution in [3.8, 4) is 0 Å². The fourth-order valence-corrected chi connectivity index (χ4v) is 5.68. The molecule has 2 N–H and O–H groups in total. The Hall–Kier alpha value is -1.91. The maximum atomic E-state index is 12.5. The lowest BCUT2D eigenvalue weighted by atomic mass is 9.65. The van der Waals surface area contributed by atoms with E-state index < -0.39 is 5.54 Å². The highest BCUT2D eigenvalue weighted by Gasteiger charge is 2.80. The first-order valence-electron chi connectivity index (χ1n) is 8.39. The third-order valence-corrected chi connectivity index (χ3v) is 7.24. The maximum absolute atomic E-state index is 12.5. The Kier molecular flexibility index (Phi) is 2.77. The van der Waals surface area contributed by atoms with E-state index in [0.717, 1.165) is 30.8 Å². The molecule has 0 spiro atoms. The fourth-order valence-electron chi connectivity index (χ4n) is 5.68. The summed E-state index contributed by atoms with van der Waals surface area (Å²) >= 11 is 0. The van der Waals surface area contributed by atoms with Crippen molar-refractivity contribution in [2.45, 2.75) is 45.6 Å². The van der Waals surface area contributed by atoms with Crippen molar-refractivity contribution in [2.24, 2.45) is 27.6 Å². The second kappa shape index (κ2) is 4.34. The van der Waals surface area contributed by atoms with E-state index in [9.17, 15) is 4.79 Å². The lowest BCUT2D eigenvalue weighted by molar-refractivity contribution is -0.135. The van der Waals surface area contributed by atoms with Crippen molar-refractivity contribution in [1.82, 2.24) is 9.99 Å². The van der Waals surface area contributed by atoms with Crippen LogP contribution in [0, 0.1) is 16.7 Å². The molecule has 5 nitrogen and oxygen atoms in total. The molecule has 0 radical (unpaired) electrons. The van der Waals surface area contributed by atoms with Crippen LogP contribution >= 0.6 is 0 Å². The first-order chi connectivity index (χ1) is 10.8. The molecule has 122 valence electrons. The normalized spacial score (nSPS) is 41.6. The van der Waals surface area contributed by atoms with Gasteiger partial charge in [-0.1, -0.05) is 19.9 Å². The Bertz CT molecular complexity index is 702. The first-order valence-corrected chi connectivity index (χ1v) is 8.39. The van der Waals surface area contributed by atoms with E-state index in [-0.39, 0.29) is 16.7 Å². The monoisotopic (exact) mass is 312 g/mol. The lowest BCUT2D eigenvalue weighted by Crippen LogP contribution is -2.60. The molecule has 4 atom stereocenters. The van der Waals surface area contributed by atoms with Crippen molar-refractivity contribution in [1.29, 1.82) is 0 Å². The summed E-state index contributed by atoms with van der Waals surface area (Å²) in [6.45, 7) is 7.32. The van der Waals surface area contributed by atoms with Gasteiger partial charge in [0.05, 0.1) is 11.4 Å². The van der Waals surface area contributed by atoms with Gasteiger partial charge in [0.15, 0.2) is 0 Å². The Morgan fingerprint density at radius 2 is 2.22 bits per heavy atom. The molecular formula is C18H24N4O. The van der Waals surface area contributed by atoms with Crippen LogP contribution in [0.3, 0.4) is 0 Å². The number of nitrogens with zero attached hydrogens (tertiary/aromatic N) is 3. The minimum Gasteiger partial charge on any atom is -0.368 e. The Labute approximate surface area is 137 Å². The van der Waals surface area contributed by atoms with Crippen LogP contribution in [0.15, 0.2) is 29.5 Å². The SMILES string of the molecule is C/C(=N\N1CC2(C)C3CCC2(C)C1(C(N)=O)C3)c1ccccn1. The number of rotatable bonds is 3. The molecule has 4 unspecified atom stereocenters. The van der Waals surface area contributed by atoms with Gasteiger partial charge in [-0.2, -0.15) is 5.10 Å². The average Bonchev–Trinajstić information content (AvgIpc) is 2.97. The predicted octanol–water partition coefficient (Wildman–Crippen LogP) is 2.17. The highest BCUT2D eigenvalue weighted by molar-refractivity contribution is 5.97. The molecule has 2 saturated carbocycles. The summed E-state index contributed by atoms with van der Waals surface area (Å²) in [7, 11) is 0. The minimum absolute atomic E-state index is 0.0790. The van der Waals surface area contributed by atoms with Crippen LogP contribution in [-0.2, 0) is 4.79 Å². The number of primary amides is 1. The number of nitrogens with two attached hydrogens (primary N) is 1. The number of aromatic nitrogens is 1. The topological polar surface area (TPSA) is 71.6 Å². The molecule has 1 amide bonds. The summed E-state index contributed by atoms with van der Waals surface area (Å²) in [4.78, 5) is 16.9. The Morgan fingerprint density at radius 3 is 2.83 bits per heavy atom. The molecule has 1 aromatic heterocycles. The molecule has 1 saturated heterocycles. The number of carbonyl (C=O) groups is 1. The highest BCUT2D eigenvalue weighted by atomic mass is 16.2. The largest absolute Gasteiger partial charge is 0.368 e. The van der Waals surface area contributed by atoms with Gasteiger partial charge in [0.1, 0.15) is 5.54 Å². The summed E-state index contributed by atoms with van der Waals surface area (Å²) in [5.41, 5.74) is 7.02. The van der Waals surface area contributed by atoms with Crippen molar-refractivity contribution in [2.75, 3.05) is 6.54 Å². The summed E-state index contributed by atoms with van der Waals surface area (Å²) in [5, 5.41) is 6.81. The lowest BCUT2D eigenvalue weighted by Gasteiger charge is -2.44. The molecule has 5 heteroatoms. The number of hydrogen-bond donors (Lipinski definition) is 1. The third-order valence-electron chi connectivity index (χ3n) is 7.24. The first kappa shape index (κ1) is 14.7. The van der Waals surface area contributed by atoms with Crippen LogP contribution in [0.4, 0.5) is 0 Å². The summed E-state index contributed by atoms with van der Waals surface area (Å²) < 4.78 is 0. The number of pyridine rings is 1. The van der Waals surface area contributed by atoms with Crippen molar-refractivity contribution in [3.05, 3.63) is 30.1 Å². The highest BCUT2D eigenvalue weighted by Crippen LogP contribution is 2.75. The van der Waals surface area contributed by atoms with Gasteiger partial charge in [0, 0.05) is 18.2 Å². The average molecular weight is 312 g/mol. The van der Waals surface area contributed by atoms with Crippen molar-refractivity contribution >= 4 is 11.6 Å². The summed E-state index contributed by atoms with van der Waals surface area (Å²) in [6.07, 6.45) is 4.87. The van der Waals surface area contributed by atoms with E-state index in [1.165, 1.54) is 6.42 Å². The van der Waals surface area contributed by atoms with E-state index in [1.54, 1.807) is 6.20 Å². The van der Waals surface area contributed by atoms with E-state index >= 15 is 0 Å². The van der Waals surface area contributed by atoms with E-state index in [2.05, 4.69) is 18.8 Å². The molecule has 3 aliphatic rings. The van der Waals surface area contributed by atoms with Gasteiger partial charge in [0.25, 0.3) is 0 Å². The number of hydrazone groups is 1. The van der Waals surface area contributed by atoms with Crippen LogP contribution in [0.2, 0.25) is 0 Å². The maximum Gasteiger partial charge on any atom is 0.245 e. The molecule has 0 aromatic carbocycles. The minimum atomic E-state index is -0.638. The second-order valence-electron chi connectivity index (χ2n) is 7.87. The zero-order chi connectivity index (χ0) is 16.5. The quantitative estimate of drug-likeness (QED) is 0.870. The molecule has 4 bridgehead atoms. The second-order valence-corrected chi connectivity index (χ2v) is 7.87. The van der Waals surface area contributed by atoms with Crippen molar-refractivity contribution < 1.29 is 4.79 Å². The molecule has 3 fully saturated rings. The fraction of sp³-hybridized carbons (Fsp3) is 0.611. The zero-order valence-electron chi connectivity index (χ0n) is 14.0. The van der Waals surface area contributed by atoms with Crippen LogP contribution in [-0.4, -0.2) is 33.7 Å². The van der Waals surface area contributed by atoms with Gasteiger partial charge >= 0.3 is 0 Å². The van der Waals surface area contributed by atoms with Gasteiger partial charge in [-0.25, -0.2) is 0 Å². The summed E-state index contributed by atoms with van der Waals surface area (Å²) in [6, 6.07) is 5.78. The van der Waals surface area contributed by atoms with E-state index in [4.69, 9.17) is 10.8 Å². The smallest absolute Gasteiger partial charge is 0.245 e. The van der Waals surface area contributed by atoms with Gasteiger partial charge in [-0.05, 0) is 49.7 Å². The molecular weight excluding hydrogens is 288 g/mol. The predicted molar refractivity (Wildman–Crippen MR) is 88.6 cm³/mol. The van der Waals surface area contributed by atoms with Crippen molar-refractivity contribution in [3.63, 3.8) is 0 Å². The third kappa shape index (κ3) is 1.51. The standard InChI is InChI=1S/C18H24N4O/c1-12(14-6-4-5-9-20-14)21-22-11-16(2)13-7-8-17(16,3)18(22,10-13)15(19)23/h4-6,9,13H,7-8,10-11H2,1-3H3,(H2,19,23)/b21-12+. The number of hydrogen-bond acceptors (Lipinski definition) is 4. The zero-order valence-corrected chi connectivity index (χ0v) is 14.0. The van der Waals surface area contributed by atoms with Gasteiger partial charge in [0.2, 0.25) is 5.91 Å². The Balaban J connectivity index is 1.78. The van der Waals surface area contributed by atoms with E-state index in [0.29, 0.717) is 5.92 Å². The Morgan fingerprint density at radius 1 is 1.43 bits per heavy atom. The summed E-state index contributed by atoms with van der Waals surface area (Å²) in [5.74, 6) is 0.366. The van der Waals surface area contributed by atoms with Gasteiger partial charge < -0.3 is 5.73 Å². The number of carbonyl (C=O) groups excluding carboxylic acids is 1. The molecule has 2 heterocycles. The van der Waals surface area contributed by atoms with Gasteiger partial charge in [-0.3, -0.25) is 14.8 Å². The molecule has 1 aromatic rings.